The van der Waals surface area contributed by atoms with E-state index < -0.39 is 0 Å². The van der Waals surface area contributed by atoms with Gasteiger partial charge in [0.15, 0.2) is 0 Å². The van der Waals surface area contributed by atoms with Crippen LogP contribution in [0.1, 0.15) is 64.7 Å². The Balaban J connectivity index is 3.26. The number of rotatable bonds is 12. The first-order chi connectivity index (χ1) is 8.95. The third-order valence-electron chi connectivity index (χ3n) is 3.34. The number of carbonyl (C=O) groups is 1. The van der Waals surface area contributed by atoms with E-state index in [1.165, 1.54) is 32.1 Å². The minimum atomic E-state index is 0.231. The van der Waals surface area contributed by atoms with Crippen molar-refractivity contribution < 1.29 is 9.28 Å². The molecule has 0 saturated carbocycles. The van der Waals surface area contributed by atoms with Gasteiger partial charge in [-0.05, 0) is 19.3 Å². The Hall–Kier alpha value is -0.570. The van der Waals surface area contributed by atoms with E-state index in [1.807, 2.05) is 0 Å². The predicted octanol–water partition coefficient (Wildman–Crippen LogP) is 3.34. The molecule has 3 heteroatoms. The topological polar surface area (TPSA) is 29.1 Å². The second-order valence-electron chi connectivity index (χ2n) is 6.59. The molecule has 0 aromatic heterocycles. The largest absolute Gasteiger partial charge is 0.356 e. The Bertz CT molecular complexity index is 221. The zero-order valence-electron chi connectivity index (χ0n) is 13.6. The summed E-state index contributed by atoms with van der Waals surface area (Å²) in [5.41, 5.74) is 0. The summed E-state index contributed by atoms with van der Waals surface area (Å²) in [4.78, 5) is 11.6. The summed E-state index contributed by atoms with van der Waals surface area (Å²) in [6, 6.07) is 0. The number of nitrogens with zero attached hydrogens (tertiary/aromatic N) is 1. The van der Waals surface area contributed by atoms with Gasteiger partial charge in [0.25, 0.3) is 0 Å². The summed E-state index contributed by atoms with van der Waals surface area (Å²) in [6.07, 6.45) is 10.5. The molecule has 0 atom stereocenters. The van der Waals surface area contributed by atoms with E-state index in [4.69, 9.17) is 0 Å². The summed E-state index contributed by atoms with van der Waals surface area (Å²) in [6.45, 7) is 4.24. The minimum absolute atomic E-state index is 0.231. The molecule has 19 heavy (non-hydrogen) atoms. The second kappa shape index (κ2) is 11.3. The average molecular weight is 271 g/mol. The molecule has 0 fully saturated rings. The van der Waals surface area contributed by atoms with Crippen LogP contribution in [0.25, 0.3) is 0 Å². The SMILES string of the molecule is CCCCCCCCNC(=O)CCCC[N+](C)(C)C. The summed E-state index contributed by atoms with van der Waals surface area (Å²) >= 11 is 0. The third-order valence-corrected chi connectivity index (χ3v) is 3.34. The van der Waals surface area contributed by atoms with Crippen LogP contribution in [-0.4, -0.2) is 44.6 Å². The molecule has 0 aromatic carbocycles. The lowest BCUT2D eigenvalue weighted by molar-refractivity contribution is -0.870. The molecule has 0 aliphatic rings. The number of quaternary nitrogens is 1. The first kappa shape index (κ1) is 18.4. The predicted molar refractivity (Wildman–Crippen MR) is 83.1 cm³/mol. The van der Waals surface area contributed by atoms with Gasteiger partial charge in [-0.1, -0.05) is 39.0 Å². The highest BCUT2D eigenvalue weighted by molar-refractivity contribution is 5.75. The Kier molecular flexibility index (Phi) is 10.9. The Morgan fingerprint density at radius 3 is 2.16 bits per heavy atom. The Morgan fingerprint density at radius 2 is 1.53 bits per heavy atom. The quantitative estimate of drug-likeness (QED) is 0.428. The Morgan fingerprint density at radius 1 is 0.895 bits per heavy atom. The average Bonchev–Trinajstić information content (AvgIpc) is 2.32. The zero-order valence-corrected chi connectivity index (χ0v) is 13.6. The summed E-state index contributed by atoms with van der Waals surface area (Å²) < 4.78 is 0.985. The molecule has 114 valence electrons. The standard InChI is InChI=1S/C16H34N2O/c1-5-6-7-8-9-11-14-17-16(19)13-10-12-15-18(2,3)4/h5-15H2,1-4H3/p+1. The summed E-state index contributed by atoms with van der Waals surface area (Å²) in [5.74, 6) is 0.231. The summed E-state index contributed by atoms with van der Waals surface area (Å²) in [7, 11) is 6.58. The lowest BCUT2D eigenvalue weighted by Crippen LogP contribution is -2.35. The van der Waals surface area contributed by atoms with E-state index in [-0.39, 0.29) is 5.91 Å². The van der Waals surface area contributed by atoms with Gasteiger partial charge < -0.3 is 9.80 Å². The molecule has 0 aliphatic heterocycles. The van der Waals surface area contributed by atoms with Crippen molar-refractivity contribution in [3.63, 3.8) is 0 Å². The molecule has 0 spiro atoms. The third kappa shape index (κ3) is 15.4. The van der Waals surface area contributed by atoms with Crippen LogP contribution in [0, 0.1) is 0 Å². The number of hydrogen-bond acceptors (Lipinski definition) is 1. The maximum Gasteiger partial charge on any atom is 0.219 e. The molecule has 0 radical (unpaired) electrons. The highest BCUT2D eigenvalue weighted by Crippen LogP contribution is 2.04. The van der Waals surface area contributed by atoms with Crippen molar-refractivity contribution >= 4 is 5.91 Å². The maximum atomic E-state index is 11.6. The maximum absolute atomic E-state index is 11.6. The summed E-state index contributed by atoms with van der Waals surface area (Å²) in [5, 5.41) is 3.03. The number of nitrogens with one attached hydrogen (secondary N) is 1. The van der Waals surface area contributed by atoms with Crippen LogP contribution in [-0.2, 0) is 4.79 Å². The lowest BCUT2D eigenvalue weighted by atomic mass is 10.1. The fourth-order valence-corrected chi connectivity index (χ4v) is 2.09. The van der Waals surface area contributed by atoms with E-state index in [0.29, 0.717) is 6.42 Å². The van der Waals surface area contributed by atoms with Gasteiger partial charge >= 0.3 is 0 Å². The number of unbranched alkanes of at least 4 members (excludes halogenated alkanes) is 6. The van der Waals surface area contributed by atoms with E-state index in [1.54, 1.807) is 0 Å². The second-order valence-corrected chi connectivity index (χ2v) is 6.59. The van der Waals surface area contributed by atoms with Gasteiger partial charge in [0.05, 0.1) is 27.7 Å². The van der Waals surface area contributed by atoms with Gasteiger partial charge in [-0.15, -0.1) is 0 Å². The molecule has 0 heterocycles. The van der Waals surface area contributed by atoms with Crippen LogP contribution in [0.15, 0.2) is 0 Å². The molecular formula is C16H35N2O+. The van der Waals surface area contributed by atoms with Crippen molar-refractivity contribution in [3.05, 3.63) is 0 Å². The van der Waals surface area contributed by atoms with Gasteiger partial charge in [-0.3, -0.25) is 4.79 Å². The van der Waals surface area contributed by atoms with Gasteiger partial charge in [-0.2, -0.15) is 0 Å². The van der Waals surface area contributed by atoms with Crippen LogP contribution in [0.2, 0.25) is 0 Å². The number of carbonyl (C=O) groups excluding carboxylic acids is 1. The number of hydrogen-bond donors (Lipinski definition) is 1. The van der Waals surface area contributed by atoms with Crippen LogP contribution < -0.4 is 5.32 Å². The molecule has 0 aromatic rings. The van der Waals surface area contributed by atoms with Crippen molar-refractivity contribution in [2.24, 2.45) is 0 Å². The Labute approximate surface area is 120 Å². The molecule has 0 rings (SSSR count). The zero-order chi connectivity index (χ0) is 14.6. The van der Waals surface area contributed by atoms with Gasteiger partial charge in [-0.25, -0.2) is 0 Å². The van der Waals surface area contributed by atoms with Crippen molar-refractivity contribution in [1.29, 1.82) is 0 Å². The van der Waals surface area contributed by atoms with Crippen LogP contribution >= 0.6 is 0 Å². The molecule has 0 saturated heterocycles. The van der Waals surface area contributed by atoms with Crippen molar-refractivity contribution in [2.75, 3.05) is 34.2 Å². The van der Waals surface area contributed by atoms with Crippen molar-refractivity contribution in [2.45, 2.75) is 64.7 Å². The van der Waals surface area contributed by atoms with Crippen LogP contribution in [0.5, 0.6) is 0 Å². The van der Waals surface area contributed by atoms with E-state index in [2.05, 4.69) is 33.4 Å². The molecule has 3 nitrogen and oxygen atoms in total. The fraction of sp³-hybridized carbons (Fsp3) is 0.938. The molecule has 0 aliphatic carbocycles. The van der Waals surface area contributed by atoms with Gasteiger partial charge in [0.1, 0.15) is 0 Å². The number of amides is 1. The van der Waals surface area contributed by atoms with Gasteiger partial charge in [0.2, 0.25) is 5.91 Å². The highest BCUT2D eigenvalue weighted by atomic mass is 16.1. The van der Waals surface area contributed by atoms with Crippen molar-refractivity contribution in [1.82, 2.24) is 5.32 Å². The molecule has 0 unspecified atom stereocenters. The fourth-order valence-electron chi connectivity index (χ4n) is 2.09. The lowest BCUT2D eigenvalue weighted by Gasteiger charge is -2.23. The van der Waals surface area contributed by atoms with E-state index in [0.717, 1.165) is 36.8 Å². The smallest absolute Gasteiger partial charge is 0.219 e. The van der Waals surface area contributed by atoms with E-state index >= 15 is 0 Å². The minimum Gasteiger partial charge on any atom is -0.356 e. The van der Waals surface area contributed by atoms with Crippen LogP contribution in [0.4, 0.5) is 0 Å². The first-order valence-corrected chi connectivity index (χ1v) is 8.03. The normalized spacial score (nSPS) is 11.6. The highest BCUT2D eigenvalue weighted by Gasteiger charge is 2.07. The molecular weight excluding hydrogens is 236 g/mol. The van der Waals surface area contributed by atoms with Gasteiger partial charge in [0, 0.05) is 13.0 Å². The first-order valence-electron chi connectivity index (χ1n) is 8.03. The monoisotopic (exact) mass is 271 g/mol. The molecule has 0 bridgehead atoms. The van der Waals surface area contributed by atoms with E-state index in [9.17, 15) is 4.79 Å². The van der Waals surface area contributed by atoms with Crippen molar-refractivity contribution in [3.8, 4) is 0 Å². The molecule has 1 N–H and O–H groups in total. The molecule has 1 amide bonds. The van der Waals surface area contributed by atoms with Crippen LogP contribution in [0.3, 0.4) is 0 Å².